The van der Waals surface area contributed by atoms with Crippen molar-refractivity contribution in [2.45, 2.75) is 65.0 Å². The summed E-state index contributed by atoms with van der Waals surface area (Å²) in [4.78, 5) is 15.1. The summed E-state index contributed by atoms with van der Waals surface area (Å²) in [5, 5.41) is 0. The fourth-order valence-electron chi connectivity index (χ4n) is 3.97. The van der Waals surface area contributed by atoms with Crippen molar-refractivity contribution in [2.75, 3.05) is 4.90 Å². The largest absolute Gasteiger partial charge is 0.303 e. The second-order valence-electron chi connectivity index (χ2n) is 7.16. The number of benzene rings is 1. The third kappa shape index (κ3) is 3.33. The molecular weight excluding hydrogens is 308 g/mol. The number of aromatic nitrogens is 1. The standard InChI is InChI=1S/C22H29N2O/c1-5-18(6-2)19-11-13-23(14-12-19)17(4)22(25)24-16(3)15-20-9-7-8-10-21(20)24/h7-14,16-18H,5-6,15H2,1-4H3/q+1/t16-,17-/m1/s1. The van der Waals surface area contributed by atoms with E-state index in [1.165, 1.54) is 11.1 Å². The number of para-hydroxylation sites is 1. The minimum absolute atomic E-state index is 0.165. The molecule has 0 saturated heterocycles. The summed E-state index contributed by atoms with van der Waals surface area (Å²) in [7, 11) is 0. The molecule has 132 valence electrons. The van der Waals surface area contributed by atoms with E-state index in [1.54, 1.807) is 0 Å². The highest BCUT2D eigenvalue weighted by Gasteiger charge is 2.36. The molecule has 3 heteroatoms. The number of anilines is 1. The number of hydrogen-bond donors (Lipinski definition) is 0. The highest BCUT2D eigenvalue weighted by Crippen LogP contribution is 2.33. The van der Waals surface area contributed by atoms with Crippen LogP contribution in [-0.4, -0.2) is 11.9 Å². The zero-order valence-corrected chi connectivity index (χ0v) is 15.8. The average molecular weight is 337 g/mol. The van der Waals surface area contributed by atoms with Crippen LogP contribution in [0.2, 0.25) is 0 Å². The average Bonchev–Trinajstić information content (AvgIpc) is 2.98. The quantitative estimate of drug-likeness (QED) is 0.741. The fraction of sp³-hybridized carbons (Fsp3) is 0.455. The Morgan fingerprint density at radius 1 is 1.16 bits per heavy atom. The third-order valence-electron chi connectivity index (χ3n) is 5.58. The van der Waals surface area contributed by atoms with Crippen LogP contribution in [0.4, 0.5) is 5.69 Å². The molecule has 3 nitrogen and oxygen atoms in total. The van der Waals surface area contributed by atoms with Crippen molar-refractivity contribution in [1.29, 1.82) is 0 Å². The van der Waals surface area contributed by atoms with Crippen LogP contribution in [0.25, 0.3) is 0 Å². The first-order valence-corrected chi connectivity index (χ1v) is 9.48. The van der Waals surface area contributed by atoms with Crippen LogP contribution in [0.1, 0.15) is 63.6 Å². The van der Waals surface area contributed by atoms with Crippen LogP contribution in [0.3, 0.4) is 0 Å². The van der Waals surface area contributed by atoms with E-state index in [4.69, 9.17) is 0 Å². The molecule has 0 saturated carbocycles. The van der Waals surface area contributed by atoms with Gasteiger partial charge in [0, 0.05) is 30.8 Å². The molecule has 1 amide bonds. The summed E-state index contributed by atoms with van der Waals surface area (Å²) < 4.78 is 2.03. The van der Waals surface area contributed by atoms with Gasteiger partial charge in [0.1, 0.15) is 0 Å². The van der Waals surface area contributed by atoms with Crippen LogP contribution < -0.4 is 9.47 Å². The Labute approximate surface area is 151 Å². The lowest BCUT2D eigenvalue weighted by Crippen LogP contribution is -2.49. The number of amides is 1. The topological polar surface area (TPSA) is 24.2 Å². The number of carbonyl (C=O) groups is 1. The van der Waals surface area contributed by atoms with E-state index >= 15 is 0 Å². The molecule has 0 radical (unpaired) electrons. The number of hydrogen-bond acceptors (Lipinski definition) is 1. The van der Waals surface area contributed by atoms with E-state index in [0.717, 1.165) is 24.9 Å². The van der Waals surface area contributed by atoms with E-state index in [9.17, 15) is 4.79 Å². The Morgan fingerprint density at radius 2 is 1.80 bits per heavy atom. The van der Waals surface area contributed by atoms with Crippen LogP contribution in [-0.2, 0) is 11.2 Å². The van der Waals surface area contributed by atoms with Gasteiger partial charge < -0.3 is 4.90 Å². The second kappa shape index (κ2) is 7.38. The summed E-state index contributed by atoms with van der Waals surface area (Å²) in [6.45, 7) is 8.58. The molecule has 0 N–H and O–H groups in total. The lowest BCUT2D eigenvalue weighted by molar-refractivity contribution is -0.705. The molecule has 3 rings (SSSR count). The van der Waals surface area contributed by atoms with E-state index < -0.39 is 0 Å². The molecule has 1 aliphatic heterocycles. The molecule has 25 heavy (non-hydrogen) atoms. The molecule has 0 bridgehead atoms. The minimum atomic E-state index is -0.204. The van der Waals surface area contributed by atoms with Gasteiger partial charge in [0.15, 0.2) is 12.4 Å². The van der Waals surface area contributed by atoms with Gasteiger partial charge in [-0.15, -0.1) is 0 Å². The van der Waals surface area contributed by atoms with Crippen LogP contribution in [0, 0.1) is 0 Å². The van der Waals surface area contributed by atoms with Crippen molar-refractivity contribution in [3.05, 3.63) is 59.9 Å². The lowest BCUT2D eigenvalue weighted by Gasteiger charge is -2.24. The van der Waals surface area contributed by atoms with Gasteiger partial charge in [-0.05, 0) is 49.3 Å². The van der Waals surface area contributed by atoms with Gasteiger partial charge in [-0.1, -0.05) is 32.0 Å². The van der Waals surface area contributed by atoms with Gasteiger partial charge in [0.25, 0.3) is 5.91 Å². The van der Waals surface area contributed by atoms with Gasteiger partial charge in [-0.25, -0.2) is 0 Å². The highest BCUT2D eigenvalue weighted by molar-refractivity contribution is 5.97. The molecule has 0 unspecified atom stereocenters. The highest BCUT2D eigenvalue weighted by atomic mass is 16.2. The maximum Gasteiger partial charge on any atom is 0.296 e. The number of nitrogens with zero attached hydrogens (tertiary/aromatic N) is 2. The second-order valence-corrected chi connectivity index (χ2v) is 7.16. The van der Waals surface area contributed by atoms with Crippen molar-refractivity contribution in [3.63, 3.8) is 0 Å². The van der Waals surface area contributed by atoms with Gasteiger partial charge >= 0.3 is 0 Å². The zero-order valence-electron chi connectivity index (χ0n) is 15.8. The van der Waals surface area contributed by atoms with Gasteiger partial charge in [-0.2, -0.15) is 4.57 Å². The number of rotatable bonds is 5. The van der Waals surface area contributed by atoms with Crippen LogP contribution >= 0.6 is 0 Å². The van der Waals surface area contributed by atoms with Crippen molar-refractivity contribution in [2.24, 2.45) is 0 Å². The molecule has 1 aromatic carbocycles. The first kappa shape index (κ1) is 17.7. The first-order chi connectivity index (χ1) is 12.1. The van der Waals surface area contributed by atoms with E-state index in [1.807, 2.05) is 28.5 Å². The SMILES string of the molecule is CCC(CC)c1cc[n+]([C@H](C)C(=O)N2c3ccccc3C[C@H]2C)cc1. The summed E-state index contributed by atoms with van der Waals surface area (Å²) >= 11 is 0. The molecule has 2 atom stereocenters. The number of fused-ring (bicyclic) bond motifs is 1. The maximum atomic E-state index is 13.2. The Hall–Kier alpha value is -2.16. The summed E-state index contributed by atoms with van der Waals surface area (Å²) in [6, 6.07) is 12.6. The predicted molar refractivity (Wildman–Crippen MR) is 102 cm³/mol. The molecule has 0 spiro atoms. The normalized spacial score (nSPS) is 17.6. The number of pyridine rings is 1. The molecule has 0 fully saturated rings. The molecule has 1 aromatic heterocycles. The molecule has 0 aliphatic carbocycles. The lowest BCUT2D eigenvalue weighted by atomic mass is 9.95. The molecule has 2 heterocycles. The van der Waals surface area contributed by atoms with Gasteiger partial charge in [0.05, 0.1) is 0 Å². The monoisotopic (exact) mass is 337 g/mol. The van der Waals surface area contributed by atoms with E-state index in [2.05, 4.69) is 57.4 Å². The van der Waals surface area contributed by atoms with Crippen molar-refractivity contribution >= 4 is 11.6 Å². The van der Waals surface area contributed by atoms with E-state index in [0.29, 0.717) is 5.92 Å². The predicted octanol–water partition coefficient (Wildman–Crippen LogP) is 4.42. The Kier molecular flexibility index (Phi) is 5.22. The summed E-state index contributed by atoms with van der Waals surface area (Å²) in [6.07, 6.45) is 7.35. The maximum absolute atomic E-state index is 13.2. The molecule has 2 aromatic rings. The molecular formula is C22H29N2O+. The Balaban J connectivity index is 1.81. The smallest absolute Gasteiger partial charge is 0.296 e. The van der Waals surface area contributed by atoms with Crippen LogP contribution in [0.5, 0.6) is 0 Å². The third-order valence-corrected chi connectivity index (χ3v) is 5.58. The molecule has 1 aliphatic rings. The van der Waals surface area contributed by atoms with Gasteiger partial charge in [0.2, 0.25) is 6.04 Å². The minimum Gasteiger partial charge on any atom is -0.303 e. The summed E-state index contributed by atoms with van der Waals surface area (Å²) in [5.74, 6) is 0.767. The van der Waals surface area contributed by atoms with Crippen molar-refractivity contribution in [1.82, 2.24) is 0 Å². The number of carbonyl (C=O) groups excluding carboxylic acids is 1. The fourth-order valence-corrected chi connectivity index (χ4v) is 3.97. The Morgan fingerprint density at radius 3 is 2.44 bits per heavy atom. The van der Waals surface area contributed by atoms with Gasteiger partial charge in [-0.3, -0.25) is 4.79 Å². The van der Waals surface area contributed by atoms with Crippen molar-refractivity contribution < 1.29 is 9.36 Å². The van der Waals surface area contributed by atoms with Crippen molar-refractivity contribution in [3.8, 4) is 0 Å². The zero-order chi connectivity index (χ0) is 18.0. The van der Waals surface area contributed by atoms with E-state index in [-0.39, 0.29) is 18.0 Å². The Bertz CT molecular complexity index is 734. The van der Waals surface area contributed by atoms with Crippen LogP contribution in [0.15, 0.2) is 48.8 Å². The summed E-state index contributed by atoms with van der Waals surface area (Å²) in [5.41, 5.74) is 3.70. The first-order valence-electron chi connectivity index (χ1n) is 9.48.